The van der Waals surface area contributed by atoms with Crippen LogP contribution in [0.1, 0.15) is 26.2 Å². The smallest absolute Gasteiger partial charge is 0.370 e. The maximum absolute atomic E-state index is 12.7. The second kappa shape index (κ2) is 6.42. The molecule has 100 valence electrons. The van der Waals surface area contributed by atoms with Crippen LogP contribution in [-0.2, 0) is 0 Å². The van der Waals surface area contributed by atoms with Crippen molar-refractivity contribution in [2.24, 2.45) is 0 Å². The predicted octanol–water partition coefficient (Wildman–Crippen LogP) is 3.73. The predicted molar refractivity (Wildman–Crippen MR) is 66.6 cm³/mol. The first kappa shape index (κ1) is 14.5. The lowest BCUT2D eigenvalue weighted by Crippen LogP contribution is -2.23. The molecule has 0 fully saturated rings. The number of allylic oxidation sites excluding steroid dienone is 4. The van der Waals surface area contributed by atoms with Gasteiger partial charge in [0.2, 0.25) is 0 Å². The average Bonchev–Trinajstić information content (AvgIpc) is 2.28. The number of rotatable bonds is 4. The van der Waals surface area contributed by atoms with Crippen LogP contribution < -0.4 is 5.32 Å². The molecule has 18 heavy (non-hydrogen) atoms. The lowest BCUT2D eigenvalue weighted by molar-refractivity contribution is -0.0894. The zero-order valence-electron chi connectivity index (χ0n) is 10.3. The Labute approximate surface area is 105 Å². The van der Waals surface area contributed by atoms with Gasteiger partial charge in [-0.05, 0) is 32.3 Å². The Hall–Kier alpha value is -1.52. The highest BCUT2D eigenvalue weighted by Crippen LogP contribution is 2.34. The van der Waals surface area contributed by atoms with Gasteiger partial charge in [0.1, 0.15) is 5.84 Å². The molecule has 0 aliphatic heterocycles. The summed E-state index contributed by atoms with van der Waals surface area (Å²) in [5, 5.41) is 10.2. The van der Waals surface area contributed by atoms with Crippen LogP contribution in [0.25, 0.3) is 0 Å². The van der Waals surface area contributed by atoms with Crippen LogP contribution in [0.5, 0.6) is 0 Å². The molecule has 0 atom stereocenters. The summed E-state index contributed by atoms with van der Waals surface area (Å²) in [4.78, 5) is 0. The zero-order chi connectivity index (χ0) is 13.6. The van der Waals surface area contributed by atoms with E-state index in [1.165, 1.54) is 0 Å². The molecule has 0 bridgehead atoms. The zero-order valence-corrected chi connectivity index (χ0v) is 10.3. The van der Waals surface area contributed by atoms with E-state index >= 15 is 0 Å². The minimum Gasteiger partial charge on any atom is -0.370 e. The molecule has 5 heteroatoms. The van der Waals surface area contributed by atoms with Crippen molar-refractivity contribution in [2.75, 3.05) is 6.54 Å². The van der Waals surface area contributed by atoms with Crippen molar-refractivity contribution < 1.29 is 13.2 Å². The monoisotopic (exact) mass is 258 g/mol. The van der Waals surface area contributed by atoms with E-state index in [0.29, 0.717) is 31.4 Å². The minimum absolute atomic E-state index is 0.220. The molecule has 1 aliphatic carbocycles. The lowest BCUT2D eigenvalue weighted by Gasteiger charge is -2.18. The van der Waals surface area contributed by atoms with Gasteiger partial charge in [-0.15, -0.1) is 0 Å². The van der Waals surface area contributed by atoms with Crippen molar-refractivity contribution >= 4 is 5.84 Å². The summed E-state index contributed by atoms with van der Waals surface area (Å²) in [5.41, 5.74) is -0.0982. The van der Waals surface area contributed by atoms with Gasteiger partial charge in [-0.3, -0.25) is 5.41 Å². The third-order valence-electron chi connectivity index (χ3n) is 2.66. The van der Waals surface area contributed by atoms with E-state index in [2.05, 4.69) is 5.32 Å². The fourth-order valence-corrected chi connectivity index (χ4v) is 1.84. The van der Waals surface area contributed by atoms with E-state index in [1.54, 1.807) is 25.2 Å². The number of hydrogen-bond acceptors (Lipinski definition) is 1. The Morgan fingerprint density at radius 2 is 2.22 bits per heavy atom. The van der Waals surface area contributed by atoms with Gasteiger partial charge in [-0.2, -0.15) is 13.2 Å². The fourth-order valence-electron chi connectivity index (χ4n) is 1.84. The standard InChI is InChI=1S/C13H17F3N2/c1-2-5-12(17)18-9-8-10-6-3-4-7-11(10)13(14,15)16/h2,4-5,7H,3,6,8-9H2,1H3,(H2,17,18)/b5-2-. The molecule has 0 unspecified atom stereocenters. The van der Waals surface area contributed by atoms with Gasteiger partial charge >= 0.3 is 6.18 Å². The number of hydrogen-bond donors (Lipinski definition) is 2. The SMILES string of the molecule is C/C=C\C(=N)NCCC1=C(C(F)(F)F)C=CCC1. The summed E-state index contributed by atoms with van der Waals surface area (Å²) in [6.45, 7) is 2.14. The summed E-state index contributed by atoms with van der Waals surface area (Å²) in [6.07, 6.45) is 3.14. The first-order valence-electron chi connectivity index (χ1n) is 5.86. The highest BCUT2D eigenvalue weighted by Gasteiger charge is 2.34. The van der Waals surface area contributed by atoms with Crippen molar-refractivity contribution in [3.05, 3.63) is 35.5 Å². The Kier molecular flexibility index (Phi) is 5.19. The summed E-state index contributed by atoms with van der Waals surface area (Å²) in [7, 11) is 0. The maximum atomic E-state index is 12.7. The molecule has 0 saturated carbocycles. The molecule has 0 aromatic carbocycles. The van der Waals surface area contributed by atoms with Gasteiger partial charge in [0.15, 0.2) is 0 Å². The van der Waals surface area contributed by atoms with Crippen molar-refractivity contribution in [2.45, 2.75) is 32.4 Å². The summed E-state index contributed by atoms with van der Waals surface area (Å²) in [5.74, 6) is 0.220. The largest absolute Gasteiger partial charge is 0.416 e. The third kappa shape index (κ3) is 4.39. The molecular weight excluding hydrogens is 241 g/mol. The molecule has 0 aromatic heterocycles. The summed E-state index contributed by atoms with van der Waals surface area (Å²) < 4.78 is 38.1. The van der Waals surface area contributed by atoms with E-state index in [0.717, 1.165) is 6.08 Å². The molecule has 2 N–H and O–H groups in total. The van der Waals surface area contributed by atoms with Crippen molar-refractivity contribution in [1.82, 2.24) is 5.32 Å². The fraction of sp³-hybridized carbons (Fsp3) is 0.462. The molecule has 2 nitrogen and oxygen atoms in total. The molecule has 0 saturated heterocycles. The quantitative estimate of drug-likeness (QED) is 0.585. The van der Waals surface area contributed by atoms with E-state index in [9.17, 15) is 13.2 Å². The second-order valence-electron chi connectivity index (χ2n) is 4.05. The summed E-state index contributed by atoms with van der Waals surface area (Å²) in [6, 6.07) is 0. The van der Waals surface area contributed by atoms with Gasteiger partial charge in [0, 0.05) is 6.54 Å². The maximum Gasteiger partial charge on any atom is 0.416 e. The topological polar surface area (TPSA) is 35.9 Å². The first-order valence-corrected chi connectivity index (χ1v) is 5.86. The van der Waals surface area contributed by atoms with Crippen LogP contribution in [0, 0.1) is 5.41 Å². The van der Waals surface area contributed by atoms with Gasteiger partial charge in [0.05, 0.1) is 5.57 Å². The van der Waals surface area contributed by atoms with Crippen molar-refractivity contribution in [1.29, 1.82) is 5.41 Å². The first-order chi connectivity index (χ1) is 8.45. The normalized spacial score (nSPS) is 16.4. The Bertz CT molecular complexity index is 390. The number of halogens is 3. The third-order valence-corrected chi connectivity index (χ3v) is 2.66. The van der Waals surface area contributed by atoms with Gasteiger partial charge in [0.25, 0.3) is 0 Å². The highest BCUT2D eigenvalue weighted by atomic mass is 19.4. The number of alkyl halides is 3. The molecule has 0 heterocycles. The summed E-state index contributed by atoms with van der Waals surface area (Å²) >= 11 is 0. The molecule has 0 spiro atoms. The molecule has 1 aliphatic rings. The number of nitrogens with one attached hydrogen (secondary N) is 2. The molecule has 0 aromatic rings. The Morgan fingerprint density at radius 3 is 2.83 bits per heavy atom. The van der Waals surface area contributed by atoms with Crippen molar-refractivity contribution in [3.63, 3.8) is 0 Å². The second-order valence-corrected chi connectivity index (χ2v) is 4.05. The Morgan fingerprint density at radius 1 is 1.50 bits per heavy atom. The molecular formula is C13H17F3N2. The molecule has 0 amide bonds. The van der Waals surface area contributed by atoms with Crippen LogP contribution in [0.15, 0.2) is 35.5 Å². The van der Waals surface area contributed by atoms with Crippen molar-refractivity contribution in [3.8, 4) is 0 Å². The van der Waals surface area contributed by atoms with Gasteiger partial charge in [-0.1, -0.05) is 23.8 Å². The van der Waals surface area contributed by atoms with Gasteiger partial charge in [-0.25, -0.2) is 0 Å². The van der Waals surface area contributed by atoms with Crippen LogP contribution in [0.3, 0.4) is 0 Å². The van der Waals surface area contributed by atoms with E-state index < -0.39 is 11.7 Å². The highest BCUT2D eigenvalue weighted by molar-refractivity contribution is 5.89. The lowest BCUT2D eigenvalue weighted by atomic mass is 9.94. The van der Waals surface area contributed by atoms with E-state index in [4.69, 9.17) is 5.41 Å². The van der Waals surface area contributed by atoms with E-state index in [-0.39, 0.29) is 5.84 Å². The molecule has 0 radical (unpaired) electrons. The van der Waals surface area contributed by atoms with Gasteiger partial charge < -0.3 is 5.32 Å². The van der Waals surface area contributed by atoms with Crippen LogP contribution in [0.2, 0.25) is 0 Å². The minimum atomic E-state index is -4.27. The van der Waals surface area contributed by atoms with Crippen LogP contribution in [-0.4, -0.2) is 18.6 Å². The Balaban J connectivity index is 2.60. The average molecular weight is 258 g/mol. The van der Waals surface area contributed by atoms with E-state index in [1.807, 2.05) is 0 Å². The van der Waals surface area contributed by atoms with Crippen LogP contribution in [0.4, 0.5) is 13.2 Å². The number of amidine groups is 1. The van der Waals surface area contributed by atoms with Crippen LogP contribution >= 0.6 is 0 Å². The molecule has 1 rings (SSSR count).